The lowest BCUT2D eigenvalue weighted by Crippen LogP contribution is -2.11. The van der Waals surface area contributed by atoms with Gasteiger partial charge in [-0.05, 0) is 37.6 Å². The van der Waals surface area contributed by atoms with Crippen molar-refractivity contribution in [3.8, 4) is 10.6 Å². The fraction of sp³-hybridized carbons (Fsp3) is 0.222. The van der Waals surface area contributed by atoms with Gasteiger partial charge in [-0.1, -0.05) is 30.7 Å². The lowest BCUT2D eigenvalue weighted by molar-refractivity contribution is 0.102. The van der Waals surface area contributed by atoms with Crippen molar-refractivity contribution >= 4 is 39.5 Å². The Hall–Kier alpha value is -2.31. The number of rotatable bonds is 5. The van der Waals surface area contributed by atoms with E-state index < -0.39 is 0 Å². The van der Waals surface area contributed by atoms with Gasteiger partial charge in [-0.2, -0.15) is 5.10 Å². The highest BCUT2D eigenvalue weighted by molar-refractivity contribution is 7.20. The number of amides is 1. The number of hydrogen-bond donors (Lipinski definition) is 2. The number of aromatic nitrogens is 2. The highest BCUT2D eigenvalue weighted by atomic mass is 35.5. The second kappa shape index (κ2) is 7.29. The summed E-state index contributed by atoms with van der Waals surface area (Å²) in [4.78, 5) is 13.3. The van der Waals surface area contributed by atoms with Crippen molar-refractivity contribution in [1.29, 1.82) is 0 Å². The molecule has 2 aromatic heterocycles. The topological polar surface area (TPSA) is 72.9 Å². The van der Waals surface area contributed by atoms with E-state index in [0.29, 0.717) is 21.3 Å². The zero-order chi connectivity index (χ0) is 18.0. The quantitative estimate of drug-likeness (QED) is 0.680. The number of benzene rings is 1. The molecule has 1 amide bonds. The molecular formula is C18H19ClN4OS. The first-order chi connectivity index (χ1) is 12.0. The van der Waals surface area contributed by atoms with Gasteiger partial charge in [0.25, 0.3) is 5.91 Å². The zero-order valence-electron chi connectivity index (χ0n) is 14.0. The summed E-state index contributed by atoms with van der Waals surface area (Å²) in [6, 6.07) is 10.8. The molecule has 1 aromatic carbocycles. The Morgan fingerprint density at radius 1 is 1.32 bits per heavy atom. The molecule has 0 spiro atoms. The maximum absolute atomic E-state index is 12.4. The van der Waals surface area contributed by atoms with E-state index in [-0.39, 0.29) is 5.91 Å². The largest absolute Gasteiger partial charge is 0.397 e. The first-order valence-electron chi connectivity index (χ1n) is 8.05. The number of nitrogens with two attached hydrogens (primary N) is 1. The number of aryl methyl sites for hydroxylation is 2. The summed E-state index contributed by atoms with van der Waals surface area (Å²) in [6.07, 6.45) is 0.862. The van der Waals surface area contributed by atoms with Crippen LogP contribution in [0, 0.1) is 0 Å². The van der Waals surface area contributed by atoms with Crippen molar-refractivity contribution in [2.24, 2.45) is 0 Å². The number of hydrogen-bond acceptors (Lipinski definition) is 4. The summed E-state index contributed by atoms with van der Waals surface area (Å²) in [5.74, 6) is -0.253. The van der Waals surface area contributed by atoms with Crippen LogP contribution in [0.3, 0.4) is 0 Å². The Balaban J connectivity index is 1.89. The molecule has 7 heteroatoms. The molecule has 0 aliphatic heterocycles. The predicted molar refractivity (Wildman–Crippen MR) is 104 cm³/mol. The Labute approximate surface area is 155 Å². The minimum atomic E-state index is -0.253. The van der Waals surface area contributed by atoms with Crippen molar-refractivity contribution in [1.82, 2.24) is 9.78 Å². The molecule has 0 saturated carbocycles. The van der Waals surface area contributed by atoms with Crippen LogP contribution in [-0.2, 0) is 13.0 Å². The fourth-order valence-electron chi connectivity index (χ4n) is 2.56. The van der Waals surface area contributed by atoms with E-state index in [1.54, 1.807) is 30.3 Å². The molecule has 0 bridgehead atoms. The lowest BCUT2D eigenvalue weighted by Gasteiger charge is -2.04. The third-order valence-electron chi connectivity index (χ3n) is 3.84. The van der Waals surface area contributed by atoms with Crippen molar-refractivity contribution in [2.75, 3.05) is 11.1 Å². The van der Waals surface area contributed by atoms with E-state index in [2.05, 4.69) is 17.3 Å². The second-order valence-electron chi connectivity index (χ2n) is 5.52. The van der Waals surface area contributed by atoms with E-state index in [4.69, 9.17) is 17.3 Å². The molecule has 3 N–H and O–H groups in total. The van der Waals surface area contributed by atoms with Crippen LogP contribution in [0.2, 0.25) is 5.02 Å². The Morgan fingerprint density at radius 3 is 2.76 bits per heavy atom. The Kier molecular flexibility index (Phi) is 5.11. The monoisotopic (exact) mass is 374 g/mol. The van der Waals surface area contributed by atoms with E-state index in [1.807, 2.05) is 17.7 Å². The number of thiophene rings is 1. The van der Waals surface area contributed by atoms with Crippen LogP contribution < -0.4 is 11.1 Å². The molecular weight excluding hydrogens is 356 g/mol. The third-order valence-corrected chi connectivity index (χ3v) is 5.26. The molecule has 0 unspecified atom stereocenters. The zero-order valence-corrected chi connectivity index (χ0v) is 15.6. The van der Waals surface area contributed by atoms with Gasteiger partial charge in [-0.3, -0.25) is 9.48 Å². The number of nitrogens with one attached hydrogen (secondary N) is 1. The average molecular weight is 375 g/mol. The van der Waals surface area contributed by atoms with Crippen LogP contribution in [-0.4, -0.2) is 15.7 Å². The predicted octanol–water partition coefficient (Wildman–Crippen LogP) is 4.68. The van der Waals surface area contributed by atoms with Crippen molar-refractivity contribution in [3.05, 3.63) is 52.7 Å². The first kappa shape index (κ1) is 17.5. The van der Waals surface area contributed by atoms with Gasteiger partial charge in [-0.25, -0.2) is 0 Å². The van der Waals surface area contributed by atoms with Crippen LogP contribution in [0.5, 0.6) is 0 Å². The average Bonchev–Trinajstić information content (AvgIpc) is 3.17. The van der Waals surface area contributed by atoms with Crippen LogP contribution in [0.1, 0.15) is 29.9 Å². The van der Waals surface area contributed by atoms with Gasteiger partial charge >= 0.3 is 0 Å². The van der Waals surface area contributed by atoms with Crippen molar-refractivity contribution in [3.63, 3.8) is 0 Å². The van der Waals surface area contributed by atoms with E-state index in [1.165, 1.54) is 11.3 Å². The van der Waals surface area contributed by atoms with Crippen molar-refractivity contribution in [2.45, 2.75) is 26.8 Å². The number of carbonyl (C=O) groups is 1. The van der Waals surface area contributed by atoms with Crippen molar-refractivity contribution < 1.29 is 4.79 Å². The highest BCUT2D eigenvalue weighted by Crippen LogP contribution is 2.38. The fourth-order valence-corrected chi connectivity index (χ4v) is 3.77. The van der Waals surface area contributed by atoms with Gasteiger partial charge in [0, 0.05) is 6.54 Å². The molecule has 0 atom stereocenters. The van der Waals surface area contributed by atoms with Gasteiger partial charge in [0.1, 0.15) is 0 Å². The van der Waals surface area contributed by atoms with E-state index in [0.717, 1.165) is 29.2 Å². The number of nitrogens with zero attached hydrogens (tertiary/aromatic N) is 2. The summed E-state index contributed by atoms with van der Waals surface area (Å²) >= 11 is 7.52. The highest BCUT2D eigenvalue weighted by Gasteiger charge is 2.17. The summed E-state index contributed by atoms with van der Waals surface area (Å²) in [5, 5.41) is 8.53. The van der Waals surface area contributed by atoms with E-state index in [9.17, 15) is 4.79 Å². The molecule has 2 heterocycles. The molecule has 0 aliphatic carbocycles. The smallest absolute Gasteiger partial charge is 0.257 e. The van der Waals surface area contributed by atoms with Gasteiger partial charge in [0.15, 0.2) is 0 Å². The number of carbonyl (C=O) groups excluding carboxylic acids is 1. The SMILES string of the molecule is CCc1cc(-c2sc(NC(=O)c3ccccc3Cl)cc2N)n(CC)n1. The third kappa shape index (κ3) is 3.55. The molecule has 0 saturated heterocycles. The number of anilines is 2. The Bertz CT molecular complexity index is 916. The summed E-state index contributed by atoms with van der Waals surface area (Å²) in [5.41, 5.74) is 9.23. The van der Waals surface area contributed by atoms with Gasteiger partial charge in [0.05, 0.1) is 37.5 Å². The lowest BCUT2D eigenvalue weighted by atomic mass is 10.2. The molecule has 3 aromatic rings. The maximum atomic E-state index is 12.4. The Morgan fingerprint density at radius 2 is 2.08 bits per heavy atom. The van der Waals surface area contributed by atoms with Crippen LogP contribution in [0.25, 0.3) is 10.6 Å². The molecule has 25 heavy (non-hydrogen) atoms. The van der Waals surface area contributed by atoms with Crippen LogP contribution in [0.4, 0.5) is 10.7 Å². The first-order valence-corrected chi connectivity index (χ1v) is 9.25. The van der Waals surface area contributed by atoms with Gasteiger partial charge < -0.3 is 11.1 Å². The van der Waals surface area contributed by atoms with Crippen LogP contribution >= 0.6 is 22.9 Å². The van der Waals surface area contributed by atoms with Crippen LogP contribution in [0.15, 0.2) is 36.4 Å². The normalized spacial score (nSPS) is 10.8. The summed E-state index contributed by atoms with van der Waals surface area (Å²) in [7, 11) is 0. The molecule has 0 radical (unpaired) electrons. The molecule has 5 nitrogen and oxygen atoms in total. The van der Waals surface area contributed by atoms with E-state index >= 15 is 0 Å². The molecule has 0 aliphatic rings. The van der Waals surface area contributed by atoms with Gasteiger partial charge in [0.2, 0.25) is 0 Å². The molecule has 0 fully saturated rings. The summed E-state index contributed by atoms with van der Waals surface area (Å²) < 4.78 is 1.93. The minimum absolute atomic E-state index is 0.253. The summed E-state index contributed by atoms with van der Waals surface area (Å²) in [6.45, 7) is 4.87. The van der Waals surface area contributed by atoms with Gasteiger partial charge in [-0.15, -0.1) is 11.3 Å². The molecule has 130 valence electrons. The number of nitrogen functional groups attached to an aromatic ring is 1. The minimum Gasteiger partial charge on any atom is -0.397 e. The molecule has 3 rings (SSSR count). The maximum Gasteiger partial charge on any atom is 0.257 e. The second-order valence-corrected chi connectivity index (χ2v) is 6.98. The standard InChI is InChI=1S/C18H19ClN4OS/c1-3-11-9-15(23(4-2)22-11)17-14(20)10-16(25-17)21-18(24)12-7-5-6-8-13(12)19/h5-10H,3-4,20H2,1-2H3,(H,21,24). The number of halogens is 1.